The molecule has 0 spiro atoms. The smallest absolute Gasteiger partial charge is 0.147 e. The third-order valence-electron chi connectivity index (χ3n) is 4.32. The fourth-order valence-corrected chi connectivity index (χ4v) is 3.84. The van der Waals surface area contributed by atoms with Crippen molar-refractivity contribution in [3.63, 3.8) is 0 Å². The molecule has 1 aromatic heterocycles. The number of rotatable bonds is 3. The lowest BCUT2D eigenvalue weighted by Crippen LogP contribution is -2.41. The standard InChI is InChI=1S/C15H18N2OS/c1-15(8-4-7-12(15)16)13(18)9-14-17-10-5-2-3-6-11(10)19-14/h2-3,5-6,12H,4,7-9,16H2,1H3. The zero-order chi connectivity index (χ0) is 13.5. The lowest BCUT2D eigenvalue weighted by Gasteiger charge is -2.26. The van der Waals surface area contributed by atoms with E-state index in [1.165, 1.54) is 0 Å². The highest BCUT2D eigenvalue weighted by atomic mass is 32.1. The molecule has 2 aromatic rings. The number of thiazole rings is 1. The Morgan fingerprint density at radius 3 is 3.00 bits per heavy atom. The minimum absolute atomic E-state index is 0.00868. The summed E-state index contributed by atoms with van der Waals surface area (Å²) in [5, 5.41) is 0.909. The van der Waals surface area contributed by atoms with Crippen LogP contribution in [0.2, 0.25) is 0 Å². The molecule has 1 aliphatic rings. The van der Waals surface area contributed by atoms with E-state index in [9.17, 15) is 4.79 Å². The number of benzene rings is 1. The van der Waals surface area contributed by atoms with Crippen LogP contribution in [0.15, 0.2) is 24.3 Å². The Balaban J connectivity index is 1.83. The summed E-state index contributed by atoms with van der Waals surface area (Å²) < 4.78 is 1.14. The van der Waals surface area contributed by atoms with Gasteiger partial charge in [0.15, 0.2) is 0 Å². The molecule has 3 nitrogen and oxygen atoms in total. The van der Waals surface area contributed by atoms with Gasteiger partial charge in [-0.2, -0.15) is 0 Å². The molecule has 0 aliphatic heterocycles. The second kappa shape index (κ2) is 4.69. The predicted octanol–water partition coefficient (Wildman–Crippen LogP) is 2.93. The van der Waals surface area contributed by atoms with Gasteiger partial charge >= 0.3 is 0 Å². The number of hydrogen-bond donors (Lipinski definition) is 1. The number of hydrogen-bond acceptors (Lipinski definition) is 4. The number of nitrogens with two attached hydrogens (primary N) is 1. The molecule has 2 unspecified atom stereocenters. The van der Waals surface area contributed by atoms with Crippen molar-refractivity contribution in [2.24, 2.45) is 11.1 Å². The van der Waals surface area contributed by atoms with Gasteiger partial charge in [-0.05, 0) is 25.0 Å². The number of para-hydroxylation sites is 1. The van der Waals surface area contributed by atoms with Crippen molar-refractivity contribution >= 4 is 27.3 Å². The third-order valence-corrected chi connectivity index (χ3v) is 5.35. The molecule has 19 heavy (non-hydrogen) atoms. The largest absolute Gasteiger partial charge is 0.327 e. The Morgan fingerprint density at radius 1 is 1.53 bits per heavy atom. The summed E-state index contributed by atoms with van der Waals surface area (Å²) in [5.41, 5.74) is 6.74. The summed E-state index contributed by atoms with van der Waals surface area (Å²) >= 11 is 1.61. The number of carbonyl (C=O) groups is 1. The van der Waals surface area contributed by atoms with Crippen LogP contribution in [0.5, 0.6) is 0 Å². The Morgan fingerprint density at radius 2 is 2.32 bits per heavy atom. The predicted molar refractivity (Wildman–Crippen MR) is 78.3 cm³/mol. The van der Waals surface area contributed by atoms with Crippen LogP contribution in [-0.2, 0) is 11.2 Å². The Hall–Kier alpha value is -1.26. The summed E-state index contributed by atoms with van der Waals surface area (Å²) in [5.74, 6) is 0.247. The van der Waals surface area contributed by atoms with Gasteiger partial charge in [0.2, 0.25) is 0 Å². The van der Waals surface area contributed by atoms with Crippen LogP contribution in [0.3, 0.4) is 0 Å². The van der Waals surface area contributed by atoms with E-state index in [4.69, 9.17) is 5.73 Å². The van der Waals surface area contributed by atoms with Gasteiger partial charge in [-0.25, -0.2) is 4.98 Å². The molecule has 1 fully saturated rings. The van der Waals surface area contributed by atoms with Gasteiger partial charge in [-0.15, -0.1) is 11.3 Å². The molecule has 2 N–H and O–H groups in total. The van der Waals surface area contributed by atoms with Crippen LogP contribution in [0.1, 0.15) is 31.2 Å². The van der Waals surface area contributed by atoms with E-state index in [1.54, 1.807) is 11.3 Å². The molecule has 1 aromatic carbocycles. The minimum Gasteiger partial charge on any atom is -0.327 e. The molecular formula is C15H18N2OS. The maximum Gasteiger partial charge on any atom is 0.147 e. The maximum absolute atomic E-state index is 12.5. The first kappa shape index (κ1) is 12.8. The maximum atomic E-state index is 12.5. The first-order valence-electron chi connectivity index (χ1n) is 6.73. The van der Waals surface area contributed by atoms with Crippen LogP contribution < -0.4 is 5.73 Å². The van der Waals surface area contributed by atoms with Gasteiger partial charge in [0.1, 0.15) is 10.8 Å². The van der Waals surface area contributed by atoms with Crippen molar-refractivity contribution in [1.29, 1.82) is 0 Å². The van der Waals surface area contributed by atoms with E-state index in [0.717, 1.165) is 34.5 Å². The number of nitrogens with zero attached hydrogens (tertiary/aromatic N) is 1. The van der Waals surface area contributed by atoms with Crippen LogP contribution in [0.25, 0.3) is 10.2 Å². The molecule has 0 radical (unpaired) electrons. The van der Waals surface area contributed by atoms with Crippen molar-refractivity contribution in [1.82, 2.24) is 4.98 Å². The topological polar surface area (TPSA) is 56.0 Å². The van der Waals surface area contributed by atoms with Crippen molar-refractivity contribution in [3.8, 4) is 0 Å². The summed E-state index contributed by atoms with van der Waals surface area (Å²) in [4.78, 5) is 17.0. The number of ketones is 1. The van der Waals surface area contributed by atoms with Crippen LogP contribution in [0.4, 0.5) is 0 Å². The second-order valence-corrected chi connectivity index (χ2v) is 6.71. The molecule has 100 valence electrons. The van der Waals surface area contributed by atoms with Gasteiger partial charge < -0.3 is 5.73 Å². The number of Topliss-reactive ketones (excluding diaryl/α,β-unsaturated/α-hetero) is 1. The molecule has 2 atom stereocenters. The van der Waals surface area contributed by atoms with Gasteiger partial charge in [0, 0.05) is 11.5 Å². The fourth-order valence-electron chi connectivity index (χ4n) is 2.87. The van der Waals surface area contributed by atoms with E-state index < -0.39 is 0 Å². The second-order valence-electron chi connectivity index (χ2n) is 5.59. The number of aromatic nitrogens is 1. The highest BCUT2D eigenvalue weighted by molar-refractivity contribution is 7.18. The van der Waals surface area contributed by atoms with E-state index in [1.807, 2.05) is 31.2 Å². The highest BCUT2D eigenvalue weighted by Gasteiger charge is 2.42. The van der Waals surface area contributed by atoms with Gasteiger partial charge in [0.05, 0.1) is 16.6 Å². The first-order valence-corrected chi connectivity index (χ1v) is 7.54. The van der Waals surface area contributed by atoms with Crippen LogP contribution in [-0.4, -0.2) is 16.8 Å². The zero-order valence-corrected chi connectivity index (χ0v) is 11.9. The quantitative estimate of drug-likeness (QED) is 0.936. The van der Waals surface area contributed by atoms with Crippen LogP contribution in [0, 0.1) is 5.41 Å². The molecule has 0 bridgehead atoms. The van der Waals surface area contributed by atoms with Crippen LogP contribution >= 0.6 is 11.3 Å². The third kappa shape index (κ3) is 2.19. The first-order chi connectivity index (χ1) is 9.09. The average molecular weight is 274 g/mol. The molecule has 4 heteroatoms. The monoisotopic (exact) mass is 274 g/mol. The Bertz CT molecular complexity index is 588. The van der Waals surface area contributed by atoms with Crippen molar-refractivity contribution in [3.05, 3.63) is 29.3 Å². The molecule has 1 saturated carbocycles. The average Bonchev–Trinajstić information content (AvgIpc) is 2.94. The van der Waals surface area contributed by atoms with Crippen molar-refractivity contribution in [2.75, 3.05) is 0 Å². The summed E-state index contributed by atoms with van der Waals surface area (Å²) in [7, 11) is 0. The van der Waals surface area contributed by atoms with Gasteiger partial charge in [-0.1, -0.05) is 25.5 Å². The van der Waals surface area contributed by atoms with E-state index >= 15 is 0 Å². The summed E-state index contributed by atoms with van der Waals surface area (Å²) in [6.45, 7) is 2.01. The van der Waals surface area contributed by atoms with Crippen molar-refractivity contribution in [2.45, 2.75) is 38.6 Å². The zero-order valence-electron chi connectivity index (χ0n) is 11.1. The highest BCUT2D eigenvalue weighted by Crippen LogP contribution is 2.38. The lowest BCUT2D eigenvalue weighted by atomic mass is 9.79. The fraction of sp³-hybridized carbons (Fsp3) is 0.467. The minimum atomic E-state index is -0.349. The molecule has 0 saturated heterocycles. The Labute approximate surface area is 116 Å². The van der Waals surface area contributed by atoms with Gasteiger partial charge in [0.25, 0.3) is 0 Å². The molecule has 1 aliphatic carbocycles. The number of fused-ring (bicyclic) bond motifs is 1. The normalized spacial score (nSPS) is 26.9. The number of carbonyl (C=O) groups excluding carboxylic acids is 1. The molecule has 1 heterocycles. The molecule has 0 amide bonds. The summed E-state index contributed by atoms with van der Waals surface area (Å²) in [6.07, 6.45) is 3.35. The van der Waals surface area contributed by atoms with Gasteiger partial charge in [-0.3, -0.25) is 4.79 Å². The van der Waals surface area contributed by atoms with E-state index in [2.05, 4.69) is 4.98 Å². The van der Waals surface area contributed by atoms with E-state index in [0.29, 0.717) is 6.42 Å². The molecule has 3 rings (SSSR count). The SMILES string of the molecule is CC1(C(=O)Cc2nc3ccccc3s2)CCCC1N. The lowest BCUT2D eigenvalue weighted by molar-refractivity contribution is -0.127. The van der Waals surface area contributed by atoms with Crippen molar-refractivity contribution < 1.29 is 4.79 Å². The summed E-state index contributed by atoms with van der Waals surface area (Å²) in [6, 6.07) is 8.02. The Kier molecular flexibility index (Phi) is 3.15. The van der Waals surface area contributed by atoms with E-state index in [-0.39, 0.29) is 17.2 Å². The molecular weight excluding hydrogens is 256 g/mol.